The van der Waals surface area contributed by atoms with Gasteiger partial charge in [0.15, 0.2) is 0 Å². The van der Waals surface area contributed by atoms with Crippen molar-refractivity contribution in [3.8, 4) is 0 Å². The molecule has 1 unspecified atom stereocenters. The molecule has 0 aromatic carbocycles. The number of likely N-dealkylation sites (N-methyl/N-ethyl adjacent to an activating group) is 1. The number of hydrogen-bond acceptors (Lipinski definition) is 5. The van der Waals surface area contributed by atoms with E-state index in [1.807, 2.05) is 7.05 Å². The summed E-state index contributed by atoms with van der Waals surface area (Å²) in [6, 6.07) is 0.599. The largest absolute Gasteiger partial charge is 0.345 e. The highest BCUT2D eigenvalue weighted by Crippen LogP contribution is 2.27. The summed E-state index contributed by atoms with van der Waals surface area (Å²) in [6.07, 6.45) is 1.20. The van der Waals surface area contributed by atoms with Crippen LogP contribution in [0.15, 0.2) is 0 Å². The fourth-order valence-electron chi connectivity index (χ4n) is 1.82. The second kappa shape index (κ2) is 4.30. The van der Waals surface area contributed by atoms with Crippen molar-refractivity contribution < 1.29 is 0 Å². The van der Waals surface area contributed by atoms with Crippen molar-refractivity contribution in [3.05, 3.63) is 5.82 Å². The molecule has 1 saturated heterocycles. The molecule has 1 aliphatic rings. The fourth-order valence-corrected chi connectivity index (χ4v) is 2.71. The van der Waals surface area contributed by atoms with Crippen LogP contribution in [0.5, 0.6) is 0 Å². The summed E-state index contributed by atoms with van der Waals surface area (Å²) in [6.45, 7) is 8.59. The molecule has 0 radical (unpaired) electrons. The first-order valence-electron chi connectivity index (χ1n) is 5.77. The number of rotatable bonds is 2. The Morgan fingerprint density at radius 2 is 2.19 bits per heavy atom. The molecule has 0 aliphatic carbocycles. The zero-order valence-electron chi connectivity index (χ0n) is 10.4. The quantitative estimate of drug-likeness (QED) is 0.853. The Kier molecular flexibility index (Phi) is 3.17. The third-order valence-electron chi connectivity index (χ3n) is 2.95. The van der Waals surface area contributed by atoms with Crippen LogP contribution >= 0.6 is 11.5 Å². The highest BCUT2D eigenvalue weighted by Gasteiger charge is 2.26. The maximum Gasteiger partial charge on any atom is 0.205 e. The van der Waals surface area contributed by atoms with Crippen molar-refractivity contribution in [2.75, 3.05) is 25.0 Å². The van der Waals surface area contributed by atoms with Gasteiger partial charge in [-0.1, -0.05) is 20.8 Å². The van der Waals surface area contributed by atoms with E-state index >= 15 is 0 Å². The van der Waals surface area contributed by atoms with Gasteiger partial charge in [0.05, 0.1) is 0 Å². The van der Waals surface area contributed by atoms with Crippen molar-refractivity contribution >= 4 is 16.7 Å². The Hall–Kier alpha value is -0.680. The zero-order chi connectivity index (χ0) is 11.8. The lowest BCUT2D eigenvalue weighted by Gasteiger charge is -2.15. The average molecular weight is 240 g/mol. The van der Waals surface area contributed by atoms with E-state index in [4.69, 9.17) is 0 Å². The monoisotopic (exact) mass is 240 g/mol. The molecule has 0 amide bonds. The first-order chi connectivity index (χ1) is 7.50. The van der Waals surface area contributed by atoms with Crippen molar-refractivity contribution in [2.24, 2.45) is 0 Å². The molecule has 1 N–H and O–H groups in total. The Balaban J connectivity index is 2.08. The molecule has 4 nitrogen and oxygen atoms in total. The van der Waals surface area contributed by atoms with Crippen LogP contribution in [0, 0.1) is 0 Å². The number of aromatic nitrogens is 2. The van der Waals surface area contributed by atoms with E-state index in [-0.39, 0.29) is 5.41 Å². The summed E-state index contributed by atoms with van der Waals surface area (Å²) >= 11 is 1.52. The van der Waals surface area contributed by atoms with Crippen LogP contribution < -0.4 is 10.2 Å². The molecule has 0 saturated carbocycles. The zero-order valence-corrected chi connectivity index (χ0v) is 11.3. The third-order valence-corrected chi connectivity index (χ3v) is 3.73. The van der Waals surface area contributed by atoms with E-state index in [9.17, 15) is 0 Å². The minimum absolute atomic E-state index is 0.0525. The van der Waals surface area contributed by atoms with Crippen molar-refractivity contribution in [2.45, 2.75) is 38.6 Å². The first kappa shape index (κ1) is 11.8. The number of nitrogens with one attached hydrogen (secondary N) is 1. The highest BCUT2D eigenvalue weighted by atomic mass is 32.1. The van der Waals surface area contributed by atoms with E-state index in [2.05, 4.69) is 40.3 Å². The van der Waals surface area contributed by atoms with E-state index in [1.165, 1.54) is 18.0 Å². The average Bonchev–Trinajstić information content (AvgIpc) is 2.85. The summed E-state index contributed by atoms with van der Waals surface area (Å²) < 4.78 is 4.45. The number of nitrogens with zero attached hydrogens (tertiary/aromatic N) is 3. The smallest absolute Gasteiger partial charge is 0.205 e. The van der Waals surface area contributed by atoms with Gasteiger partial charge in [0.25, 0.3) is 0 Å². The van der Waals surface area contributed by atoms with Crippen molar-refractivity contribution in [1.82, 2.24) is 14.7 Å². The predicted molar refractivity (Wildman–Crippen MR) is 68.3 cm³/mol. The standard InChI is InChI=1S/C11H20N4S/c1-11(2,3)9-13-10(16-14-9)15-6-5-8(7-15)12-4/h8,12H,5-7H2,1-4H3. The lowest BCUT2D eigenvalue weighted by molar-refractivity contribution is 0.554. The van der Waals surface area contributed by atoms with Crippen LogP contribution in [0.3, 0.4) is 0 Å². The molecule has 5 heteroatoms. The first-order valence-corrected chi connectivity index (χ1v) is 6.54. The maximum atomic E-state index is 4.64. The van der Waals surface area contributed by atoms with Crippen LogP contribution in [0.2, 0.25) is 0 Å². The number of hydrogen-bond donors (Lipinski definition) is 1. The molecule has 0 spiro atoms. The SMILES string of the molecule is CNC1CCN(c2nc(C(C)(C)C)ns2)C1. The normalized spacial score (nSPS) is 21.8. The molecule has 0 bridgehead atoms. The second-order valence-corrected chi connectivity index (χ2v) is 6.10. The summed E-state index contributed by atoms with van der Waals surface area (Å²) in [4.78, 5) is 6.97. The minimum Gasteiger partial charge on any atom is -0.345 e. The molecule has 16 heavy (non-hydrogen) atoms. The molecule has 1 atom stereocenters. The van der Waals surface area contributed by atoms with Crippen molar-refractivity contribution in [3.63, 3.8) is 0 Å². The molecule has 1 aromatic heterocycles. The van der Waals surface area contributed by atoms with E-state index < -0.39 is 0 Å². The Labute approximate surface area is 101 Å². The molecular formula is C11H20N4S. The maximum absolute atomic E-state index is 4.64. The van der Waals surface area contributed by atoms with Crippen LogP contribution in [0.25, 0.3) is 0 Å². The topological polar surface area (TPSA) is 41.0 Å². The van der Waals surface area contributed by atoms with Gasteiger partial charge in [-0.15, -0.1) is 0 Å². The van der Waals surface area contributed by atoms with E-state index in [0.717, 1.165) is 24.0 Å². The Morgan fingerprint density at radius 3 is 2.69 bits per heavy atom. The highest BCUT2D eigenvalue weighted by molar-refractivity contribution is 7.09. The molecule has 1 aliphatic heterocycles. The minimum atomic E-state index is 0.0525. The summed E-state index contributed by atoms with van der Waals surface area (Å²) in [5.41, 5.74) is 0.0525. The van der Waals surface area contributed by atoms with Gasteiger partial charge in [-0.3, -0.25) is 0 Å². The second-order valence-electron chi connectivity index (χ2n) is 5.37. The van der Waals surface area contributed by atoms with Crippen LogP contribution in [0.4, 0.5) is 5.13 Å². The predicted octanol–water partition coefficient (Wildman–Crippen LogP) is 1.63. The van der Waals surface area contributed by atoms with Gasteiger partial charge in [0.2, 0.25) is 5.13 Å². The molecule has 1 fully saturated rings. The Morgan fingerprint density at radius 1 is 1.44 bits per heavy atom. The van der Waals surface area contributed by atoms with Gasteiger partial charge in [-0.05, 0) is 13.5 Å². The van der Waals surface area contributed by atoms with E-state index in [0.29, 0.717) is 6.04 Å². The third kappa shape index (κ3) is 2.35. The van der Waals surface area contributed by atoms with Crippen LogP contribution in [0.1, 0.15) is 33.0 Å². The van der Waals surface area contributed by atoms with Crippen LogP contribution in [-0.2, 0) is 5.41 Å². The number of anilines is 1. The van der Waals surface area contributed by atoms with Crippen LogP contribution in [-0.4, -0.2) is 35.5 Å². The Bertz CT molecular complexity index is 355. The molecular weight excluding hydrogens is 220 g/mol. The lowest BCUT2D eigenvalue weighted by Crippen LogP contribution is -2.29. The summed E-state index contributed by atoms with van der Waals surface area (Å²) in [5, 5.41) is 4.39. The summed E-state index contributed by atoms with van der Waals surface area (Å²) in [7, 11) is 2.02. The van der Waals surface area contributed by atoms with Gasteiger partial charge in [-0.25, -0.2) is 4.98 Å². The summed E-state index contributed by atoms with van der Waals surface area (Å²) in [5.74, 6) is 0.959. The fraction of sp³-hybridized carbons (Fsp3) is 0.818. The molecule has 90 valence electrons. The molecule has 1 aromatic rings. The lowest BCUT2D eigenvalue weighted by atomic mass is 9.96. The van der Waals surface area contributed by atoms with Gasteiger partial charge >= 0.3 is 0 Å². The molecule has 2 rings (SSSR count). The van der Waals surface area contributed by atoms with Gasteiger partial charge < -0.3 is 10.2 Å². The van der Waals surface area contributed by atoms with Gasteiger partial charge in [-0.2, -0.15) is 4.37 Å². The van der Waals surface area contributed by atoms with Crippen molar-refractivity contribution in [1.29, 1.82) is 0 Å². The van der Waals surface area contributed by atoms with Gasteiger partial charge in [0, 0.05) is 36.1 Å². The van der Waals surface area contributed by atoms with E-state index in [1.54, 1.807) is 0 Å². The van der Waals surface area contributed by atoms with Gasteiger partial charge in [0.1, 0.15) is 5.82 Å². The molecule has 2 heterocycles.